The summed E-state index contributed by atoms with van der Waals surface area (Å²) in [6.45, 7) is 0.134. The van der Waals surface area contributed by atoms with Gasteiger partial charge in [-0.15, -0.1) is 5.10 Å². The average molecular weight is 384 g/mol. The molecule has 8 nitrogen and oxygen atoms in total. The van der Waals surface area contributed by atoms with Gasteiger partial charge in [-0.05, 0) is 40.1 Å². The highest BCUT2D eigenvalue weighted by molar-refractivity contribution is 5.91. The smallest absolute Gasteiger partial charge is 0.276 e. The molecule has 4 aromatic rings. The molecule has 0 fully saturated rings. The van der Waals surface area contributed by atoms with E-state index in [0.717, 1.165) is 17.7 Å². The highest BCUT2D eigenvalue weighted by atomic mass is 19.1. The Balaban J connectivity index is 1.47. The van der Waals surface area contributed by atoms with Crippen LogP contribution < -0.4 is 0 Å². The van der Waals surface area contributed by atoms with Crippen molar-refractivity contribution in [1.82, 2.24) is 30.2 Å². The molecule has 10 heteroatoms. The Kier molecular flexibility index (Phi) is 4.52. The first kappa shape index (κ1) is 17.7. The molecule has 2 aromatic carbocycles. The van der Waals surface area contributed by atoms with Crippen LogP contribution in [0, 0.1) is 11.6 Å². The molecule has 0 atom stereocenters. The fourth-order valence-corrected chi connectivity index (χ4v) is 2.79. The predicted molar refractivity (Wildman–Crippen MR) is 93.1 cm³/mol. The normalized spacial score (nSPS) is 11.1. The monoisotopic (exact) mass is 384 g/mol. The second kappa shape index (κ2) is 7.14. The number of nitrogens with zero attached hydrogens (tertiary/aromatic N) is 6. The third-order valence-corrected chi connectivity index (χ3v) is 4.22. The lowest BCUT2D eigenvalue weighted by atomic mass is 10.2. The van der Waals surface area contributed by atoms with Crippen LogP contribution in [0.1, 0.15) is 21.6 Å². The molecule has 142 valence electrons. The van der Waals surface area contributed by atoms with Crippen LogP contribution in [0.25, 0.3) is 11.0 Å². The SMILES string of the molecule is CN(Cc1ccc2nonc2c1)C(=O)c1cn(Cc2c(F)cccc2F)nn1. The van der Waals surface area contributed by atoms with E-state index in [1.807, 2.05) is 6.07 Å². The Labute approximate surface area is 157 Å². The summed E-state index contributed by atoms with van der Waals surface area (Å²) in [4.78, 5) is 14.0. The van der Waals surface area contributed by atoms with Gasteiger partial charge in [0.15, 0.2) is 5.69 Å². The number of carbonyl (C=O) groups is 1. The number of halogens is 2. The zero-order valence-electron chi connectivity index (χ0n) is 14.7. The van der Waals surface area contributed by atoms with Crippen molar-refractivity contribution < 1.29 is 18.2 Å². The van der Waals surface area contributed by atoms with E-state index in [9.17, 15) is 13.6 Å². The predicted octanol–water partition coefficient (Wildman–Crippen LogP) is 2.41. The van der Waals surface area contributed by atoms with Crippen LogP contribution in [0.4, 0.5) is 8.78 Å². The minimum absolute atomic E-state index is 0.0726. The van der Waals surface area contributed by atoms with E-state index in [-0.39, 0.29) is 23.7 Å². The molecule has 0 aliphatic rings. The fourth-order valence-electron chi connectivity index (χ4n) is 2.79. The molecular weight excluding hydrogens is 370 g/mol. The van der Waals surface area contributed by atoms with E-state index >= 15 is 0 Å². The summed E-state index contributed by atoms with van der Waals surface area (Å²) < 4.78 is 33.4. The van der Waals surface area contributed by atoms with E-state index in [0.29, 0.717) is 17.6 Å². The van der Waals surface area contributed by atoms with Crippen LogP contribution in [-0.2, 0) is 13.1 Å². The largest absolute Gasteiger partial charge is 0.336 e. The maximum atomic E-state index is 13.8. The van der Waals surface area contributed by atoms with Crippen LogP contribution in [0.2, 0.25) is 0 Å². The topological polar surface area (TPSA) is 89.9 Å². The number of rotatable bonds is 5. The number of fused-ring (bicyclic) bond motifs is 1. The van der Waals surface area contributed by atoms with Gasteiger partial charge in [0.25, 0.3) is 5.91 Å². The fraction of sp³-hybridized carbons (Fsp3) is 0.167. The number of hydrogen-bond acceptors (Lipinski definition) is 6. The van der Waals surface area contributed by atoms with Crippen molar-refractivity contribution >= 4 is 16.9 Å². The zero-order chi connectivity index (χ0) is 19.7. The molecule has 1 amide bonds. The number of benzene rings is 2. The zero-order valence-corrected chi connectivity index (χ0v) is 14.7. The van der Waals surface area contributed by atoms with Crippen LogP contribution in [0.5, 0.6) is 0 Å². The summed E-state index contributed by atoms with van der Waals surface area (Å²) in [7, 11) is 1.61. The molecule has 4 rings (SSSR count). The Hall–Kier alpha value is -3.69. The first-order valence-electron chi connectivity index (χ1n) is 8.31. The van der Waals surface area contributed by atoms with Crippen LogP contribution in [0.15, 0.2) is 47.2 Å². The molecule has 0 radical (unpaired) electrons. The minimum atomic E-state index is -0.682. The third kappa shape index (κ3) is 3.43. The van der Waals surface area contributed by atoms with Crippen molar-refractivity contribution in [3.8, 4) is 0 Å². The summed E-state index contributed by atoms with van der Waals surface area (Å²) in [5.41, 5.74) is 1.98. The summed E-state index contributed by atoms with van der Waals surface area (Å²) in [5.74, 6) is -1.74. The van der Waals surface area contributed by atoms with Crippen molar-refractivity contribution in [3.05, 3.63) is 71.1 Å². The molecule has 2 aromatic heterocycles. The van der Waals surface area contributed by atoms with Crippen LogP contribution >= 0.6 is 0 Å². The van der Waals surface area contributed by atoms with Gasteiger partial charge in [-0.25, -0.2) is 18.1 Å². The van der Waals surface area contributed by atoms with Gasteiger partial charge in [0.1, 0.15) is 22.7 Å². The van der Waals surface area contributed by atoms with E-state index in [4.69, 9.17) is 0 Å². The molecule has 0 unspecified atom stereocenters. The van der Waals surface area contributed by atoms with E-state index < -0.39 is 11.6 Å². The molecular formula is C18H14F2N6O2. The molecule has 2 heterocycles. The van der Waals surface area contributed by atoms with Crippen molar-refractivity contribution in [2.45, 2.75) is 13.1 Å². The van der Waals surface area contributed by atoms with Crippen molar-refractivity contribution in [2.75, 3.05) is 7.05 Å². The van der Waals surface area contributed by atoms with Gasteiger partial charge in [0.05, 0.1) is 12.7 Å². The molecule has 0 aliphatic carbocycles. The Morgan fingerprint density at radius 1 is 1.14 bits per heavy atom. The molecule has 28 heavy (non-hydrogen) atoms. The van der Waals surface area contributed by atoms with Gasteiger partial charge in [-0.2, -0.15) is 0 Å². The van der Waals surface area contributed by atoms with Gasteiger partial charge >= 0.3 is 0 Å². The second-order valence-electron chi connectivity index (χ2n) is 6.25. The van der Waals surface area contributed by atoms with Gasteiger partial charge < -0.3 is 4.90 Å². The van der Waals surface area contributed by atoms with Crippen LogP contribution in [-0.4, -0.2) is 43.2 Å². The molecule has 0 saturated heterocycles. The lowest BCUT2D eigenvalue weighted by Gasteiger charge is -2.15. The van der Waals surface area contributed by atoms with Crippen LogP contribution in [0.3, 0.4) is 0 Å². The summed E-state index contributed by atoms with van der Waals surface area (Å²) in [6.07, 6.45) is 1.36. The number of hydrogen-bond donors (Lipinski definition) is 0. The Morgan fingerprint density at radius 3 is 2.68 bits per heavy atom. The maximum absolute atomic E-state index is 13.8. The summed E-state index contributed by atoms with van der Waals surface area (Å²) >= 11 is 0. The molecule has 0 N–H and O–H groups in total. The van der Waals surface area contributed by atoms with Gasteiger partial charge in [0.2, 0.25) is 0 Å². The lowest BCUT2D eigenvalue weighted by Crippen LogP contribution is -2.26. The highest BCUT2D eigenvalue weighted by Gasteiger charge is 2.18. The van der Waals surface area contributed by atoms with Crippen molar-refractivity contribution in [1.29, 1.82) is 0 Å². The Bertz CT molecular complexity index is 1140. The van der Waals surface area contributed by atoms with Gasteiger partial charge in [-0.3, -0.25) is 4.79 Å². The maximum Gasteiger partial charge on any atom is 0.276 e. The number of aromatic nitrogens is 5. The lowest BCUT2D eigenvalue weighted by molar-refractivity contribution is 0.0779. The number of amides is 1. The first-order valence-corrected chi connectivity index (χ1v) is 8.31. The second-order valence-corrected chi connectivity index (χ2v) is 6.25. The number of carbonyl (C=O) groups excluding carboxylic acids is 1. The minimum Gasteiger partial charge on any atom is -0.336 e. The summed E-state index contributed by atoms with van der Waals surface area (Å²) in [6, 6.07) is 8.94. The van der Waals surface area contributed by atoms with Crippen molar-refractivity contribution in [3.63, 3.8) is 0 Å². The van der Waals surface area contributed by atoms with E-state index in [2.05, 4.69) is 25.3 Å². The average Bonchev–Trinajstić information content (AvgIpc) is 3.33. The molecule has 0 spiro atoms. The highest BCUT2D eigenvalue weighted by Crippen LogP contribution is 2.15. The molecule has 0 aliphatic heterocycles. The summed E-state index contributed by atoms with van der Waals surface area (Å²) in [5, 5.41) is 15.1. The van der Waals surface area contributed by atoms with Crippen molar-refractivity contribution in [2.24, 2.45) is 0 Å². The van der Waals surface area contributed by atoms with E-state index in [1.165, 1.54) is 21.8 Å². The first-order chi connectivity index (χ1) is 13.5. The quantitative estimate of drug-likeness (QED) is 0.525. The van der Waals surface area contributed by atoms with Gasteiger partial charge in [0, 0.05) is 19.2 Å². The third-order valence-electron chi connectivity index (χ3n) is 4.22. The van der Waals surface area contributed by atoms with Gasteiger partial charge in [-0.1, -0.05) is 17.3 Å². The molecule has 0 saturated carbocycles. The van der Waals surface area contributed by atoms with E-state index in [1.54, 1.807) is 19.2 Å². The molecule has 0 bridgehead atoms. The Morgan fingerprint density at radius 2 is 1.89 bits per heavy atom. The standard InChI is InChI=1S/C18H14F2N6O2/c1-25(8-11-5-6-15-16(7-11)23-28-22-15)18(27)17-10-26(24-21-17)9-12-13(19)3-2-4-14(12)20/h2-7,10H,8-9H2,1H3.